The Bertz CT molecular complexity index is 555. The molecule has 2 aromatic rings. The van der Waals surface area contributed by atoms with Gasteiger partial charge in [-0.05, 0) is 68.7 Å². The zero-order valence-corrected chi connectivity index (χ0v) is 16.3. The Morgan fingerprint density at radius 1 is 0.833 bits per heavy atom. The Kier molecular flexibility index (Phi) is 8.55. The number of unbranched alkanes of at least 4 members (excludes halogenated alkanes) is 1. The second-order valence-electron chi connectivity index (χ2n) is 6.94. The highest BCUT2D eigenvalue weighted by Gasteiger charge is 2.19. The van der Waals surface area contributed by atoms with Crippen molar-refractivity contribution in [2.24, 2.45) is 5.92 Å². The molecule has 1 heterocycles. The minimum Gasteiger partial charge on any atom is -0.303 e. The van der Waals surface area contributed by atoms with Gasteiger partial charge in [0.25, 0.3) is 0 Å². The zero-order valence-electron chi connectivity index (χ0n) is 14.6. The zero-order chi connectivity index (χ0) is 15.7. The van der Waals surface area contributed by atoms with Crippen LogP contribution in [0, 0.1) is 5.92 Å². The van der Waals surface area contributed by atoms with Crippen molar-refractivity contribution in [3.05, 3.63) is 71.8 Å². The highest BCUT2D eigenvalue weighted by Crippen LogP contribution is 2.21. The molecule has 1 fully saturated rings. The average Bonchev–Trinajstić information content (AvgIpc) is 2.61. The van der Waals surface area contributed by atoms with Crippen molar-refractivity contribution in [1.29, 1.82) is 0 Å². The third-order valence-corrected chi connectivity index (χ3v) is 5.00. The van der Waals surface area contributed by atoms with E-state index >= 15 is 0 Å². The molecule has 2 aromatic carbocycles. The number of piperidine rings is 1. The Balaban J connectivity index is 0.00000208. The van der Waals surface area contributed by atoms with Crippen LogP contribution < -0.4 is 0 Å². The fourth-order valence-electron chi connectivity index (χ4n) is 3.78. The van der Waals surface area contributed by atoms with Gasteiger partial charge in [0.05, 0.1) is 0 Å². The molecule has 1 unspecified atom stereocenters. The van der Waals surface area contributed by atoms with Crippen LogP contribution in [0.5, 0.6) is 0 Å². The molecule has 24 heavy (non-hydrogen) atoms. The lowest BCUT2D eigenvalue weighted by molar-refractivity contribution is 0.171. The fraction of sp³-hybridized carbons (Fsp3) is 0.455. The van der Waals surface area contributed by atoms with E-state index < -0.39 is 0 Å². The first kappa shape index (κ1) is 19.2. The van der Waals surface area contributed by atoms with Gasteiger partial charge in [0.2, 0.25) is 0 Å². The minimum atomic E-state index is 0. The van der Waals surface area contributed by atoms with Crippen molar-refractivity contribution in [3.8, 4) is 0 Å². The van der Waals surface area contributed by atoms with Gasteiger partial charge in [-0.15, -0.1) is 17.0 Å². The molecule has 0 saturated carbocycles. The summed E-state index contributed by atoms with van der Waals surface area (Å²) in [6.07, 6.45) is 7.88. The van der Waals surface area contributed by atoms with E-state index in [1.165, 1.54) is 69.3 Å². The summed E-state index contributed by atoms with van der Waals surface area (Å²) in [4.78, 5) is 2.70. The van der Waals surface area contributed by atoms with Gasteiger partial charge in [0.1, 0.15) is 0 Å². The molecule has 0 bridgehead atoms. The van der Waals surface area contributed by atoms with Crippen molar-refractivity contribution < 1.29 is 0 Å². The van der Waals surface area contributed by atoms with Gasteiger partial charge in [-0.3, -0.25) is 0 Å². The monoisotopic (exact) mass is 387 g/mol. The van der Waals surface area contributed by atoms with Crippen molar-refractivity contribution in [2.45, 2.75) is 38.5 Å². The van der Waals surface area contributed by atoms with E-state index in [0.29, 0.717) is 0 Å². The van der Waals surface area contributed by atoms with Gasteiger partial charge in [0.15, 0.2) is 0 Å². The smallest absolute Gasteiger partial charge is 0.00128 e. The number of likely N-dealkylation sites (tertiary alicyclic amines) is 1. The average molecular weight is 388 g/mol. The number of benzene rings is 2. The second kappa shape index (κ2) is 10.7. The molecule has 0 amide bonds. The third kappa shape index (κ3) is 6.41. The second-order valence-corrected chi connectivity index (χ2v) is 6.94. The molecule has 0 aromatic heterocycles. The minimum absolute atomic E-state index is 0. The van der Waals surface area contributed by atoms with Crippen LogP contribution in [0.2, 0.25) is 0 Å². The molecule has 1 saturated heterocycles. The SMILES string of the molecule is Br.c1ccc(CCCCN2CCCC(Cc3ccccc3)C2)cc1. The van der Waals surface area contributed by atoms with Gasteiger partial charge in [-0.1, -0.05) is 60.7 Å². The predicted molar refractivity (Wildman–Crippen MR) is 109 cm³/mol. The number of hydrogen-bond acceptors (Lipinski definition) is 1. The van der Waals surface area contributed by atoms with Crippen LogP contribution >= 0.6 is 17.0 Å². The molecular weight excluding hydrogens is 358 g/mol. The Morgan fingerprint density at radius 2 is 1.50 bits per heavy atom. The summed E-state index contributed by atoms with van der Waals surface area (Å²) in [5, 5.41) is 0. The van der Waals surface area contributed by atoms with Gasteiger partial charge in [-0.2, -0.15) is 0 Å². The Labute approximate surface area is 157 Å². The molecule has 0 N–H and O–H groups in total. The van der Waals surface area contributed by atoms with Crippen LogP contribution in [-0.2, 0) is 12.8 Å². The first-order valence-corrected chi connectivity index (χ1v) is 9.20. The topological polar surface area (TPSA) is 3.24 Å². The maximum atomic E-state index is 2.70. The standard InChI is InChI=1S/C22H29N.BrH/c1-3-10-20(11-4-1)12-7-8-16-23-17-9-15-22(19-23)18-21-13-5-2-6-14-21;/h1-6,10-11,13-14,22H,7-9,12,15-19H2;1H. The normalized spacial score (nSPS) is 18.1. The summed E-state index contributed by atoms with van der Waals surface area (Å²) < 4.78 is 0. The summed E-state index contributed by atoms with van der Waals surface area (Å²) in [6, 6.07) is 21.9. The molecule has 130 valence electrons. The molecule has 1 nitrogen and oxygen atoms in total. The third-order valence-electron chi connectivity index (χ3n) is 5.00. The Hall–Kier alpha value is -1.12. The maximum Gasteiger partial charge on any atom is 0.00128 e. The molecule has 2 heteroatoms. The molecule has 0 spiro atoms. The van der Waals surface area contributed by atoms with E-state index in [9.17, 15) is 0 Å². The molecule has 3 rings (SSSR count). The quantitative estimate of drug-likeness (QED) is 0.563. The van der Waals surface area contributed by atoms with Crippen LogP contribution in [0.4, 0.5) is 0 Å². The van der Waals surface area contributed by atoms with Crippen molar-refractivity contribution >= 4 is 17.0 Å². The summed E-state index contributed by atoms with van der Waals surface area (Å²) in [5.74, 6) is 0.847. The van der Waals surface area contributed by atoms with E-state index in [1.807, 2.05) is 0 Å². The molecular formula is C22H30BrN. The van der Waals surface area contributed by atoms with Crippen LogP contribution in [0.25, 0.3) is 0 Å². The molecule has 0 aliphatic carbocycles. The number of nitrogens with zero attached hydrogens (tertiary/aromatic N) is 1. The lowest BCUT2D eigenvalue weighted by Crippen LogP contribution is -2.36. The number of aryl methyl sites for hydroxylation is 1. The van der Waals surface area contributed by atoms with E-state index in [1.54, 1.807) is 0 Å². The first-order chi connectivity index (χ1) is 11.4. The highest BCUT2D eigenvalue weighted by molar-refractivity contribution is 8.93. The van der Waals surface area contributed by atoms with Gasteiger partial charge >= 0.3 is 0 Å². The van der Waals surface area contributed by atoms with Crippen LogP contribution in [0.15, 0.2) is 60.7 Å². The fourth-order valence-corrected chi connectivity index (χ4v) is 3.78. The van der Waals surface area contributed by atoms with E-state index in [4.69, 9.17) is 0 Å². The summed E-state index contributed by atoms with van der Waals surface area (Å²) >= 11 is 0. The summed E-state index contributed by atoms with van der Waals surface area (Å²) in [6.45, 7) is 3.87. The molecule has 1 atom stereocenters. The lowest BCUT2D eigenvalue weighted by Gasteiger charge is -2.32. The maximum absolute atomic E-state index is 2.70. The predicted octanol–water partition coefficient (Wildman–Crippen LogP) is 5.54. The lowest BCUT2D eigenvalue weighted by atomic mass is 9.91. The van der Waals surface area contributed by atoms with E-state index in [-0.39, 0.29) is 17.0 Å². The van der Waals surface area contributed by atoms with E-state index in [2.05, 4.69) is 65.6 Å². The molecule has 1 aliphatic heterocycles. The van der Waals surface area contributed by atoms with E-state index in [0.717, 1.165) is 5.92 Å². The Morgan fingerprint density at radius 3 is 2.21 bits per heavy atom. The molecule has 1 aliphatic rings. The van der Waals surface area contributed by atoms with Crippen LogP contribution in [0.1, 0.15) is 36.8 Å². The number of halogens is 1. The van der Waals surface area contributed by atoms with Crippen molar-refractivity contribution in [1.82, 2.24) is 4.90 Å². The summed E-state index contributed by atoms with van der Waals surface area (Å²) in [7, 11) is 0. The van der Waals surface area contributed by atoms with Crippen LogP contribution in [-0.4, -0.2) is 24.5 Å². The van der Waals surface area contributed by atoms with Gasteiger partial charge in [0, 0.05) is 6.54 Å². The first-order valence-electron chi connectivity index (χ1n) is 9.20. The summed E-state index contributed by atoms with van der Waals surface area (Å²) in [5.41, 5.74) is 2.98. The largest absolute Gasteiger partial charge is 0.303 e. The highest BCUT2D eigenvalue weighted by atomic mass is 79.9. The van der Waals surface area contributed by atoms with Gasteiger partial charge < -0.3 is 4.90 Å². The number of hydrogen-bond donors (Lipinski definition) is 0. The molecule has 0 radical (unpaired) electrons. The van der Waals surface area contributed by atoms with Crippen LogP contribution in [0.3, 0.4) is 0 Å². The number of rotatable bonds is 7. The van der Waals surface area contributed by atoms with Crippen molar-refractivity contribution in [3.63, 3.8) is 0 Å². The van der Waals surface area contributed by atoms with Gasteiger partial charge in [-0.25, -0.2) is 0 Å². The van der Waals surface area contributed by atoms with Crippen molar-refractivity contribution in [2.75, 3.05) is 19.6 Å².